The van der Waals surface area contributed by atoms with Crippen LogP contribution in [-0.4, -0.2) is 17.1 Å². The van der Waals surface area contributed by atoms with Gasteiger partial charge in [0.1, 0.15) is 11.8 Å². The summed E-state index contributed by atoms with van der Waals surface area (Å²) in [6.07, 6.45) is 2.61. The molecule has 2 heterocycles. The van der Waals surface area contributed by atoms with E-state index in [0.29, 0.717) is 32.7 Å². The molecule has 34 heavy (non-hydrogen) atoms. The van der Waals surface area contributed by atoms with Crippen LogP contribution >= 0.6 is 27.3 Å². The van der Waals surface area contributed by atoms with Crippen molar-refractivity contribution in [1.29, 1.82) is 5.26 Å². The van der Waals surface area contributed by atoms with Gasteiger partial charge in [-0.25, -0.2) is 4.98 Å². The average Bonchev–Trinajstić information content (AvgIpc) is 3.28. The highest BCUT2D eigenvalue weighted by atomic mass is 79.9. The van der Waals surface area contributed by atoms with Crippen LogP contribution in [0.5, 0.6) is 0 Å². The van der Waals surface area contributed by atoms with Crippen LogP contribution in [0.2, 0.25) is 0 Å². The van der Waals surface area contributed by atoms with Crippen LogP contribution in [-0.2, 0) is 0 Å². The molecule has 0 fully saturated rings. The lowest BCUT2D eigenvalue weighted by atomic mass is 10.1. The summed E-state index contributed by atoms with van der Waals surface area (Å²) in [7, 11) is 0. The monoisotopic (exact) mass is 528 g/mol. The SMILES string of the molecule is N#Cc1ccc(C(=O)N(/N=C/c2coc3ccccc3c2=O)c2nc3ccc(Br)cc3s2)cc1. The highest BCUT2D eigenvalue weighted by Crippen LogP contribution is 2.32. The number of aromatic nitrogens is 1. The number of amides is 1. The van der Waals surface area contributed by atoms with Gasteiger partial charge in [-0.2, -0.15) is 15.4 Å². The first-order chi connectivity index (χ1) is 16.5. The number of nitrogens with zero attached hydrogens (tertiary/aromatic N) is 4. The first-order valence-corrected chi connectivity index (χ1v) is 11.6. The van der Waals surface area contributed by atoms with E-state index in [9.17, 15) is 9.59 Å². The van der Waals surface area contributed by atoms with Gasteiger partial charge in [0.05, 0.1) is 39.0 Å². The maximum Gasteiger partial charge on any atom is 0.280 e. The first kappa shape index (κ1) is 21.7. The number of benzene rings is 3. The normalized spacial score (nSPS) is 11.2. The van der Waals surface area contributed by atoms with Gasteiger partial charge in [0.2, 0.25) is 10.6 Å². The molecule has 5 aromatic rings. The zero-order valence-electron chi connectivity index (χ0n) is 17.3. The lowest BCUT2D eigenvalue weighted by Gasteiger charge is -2.13. The number of anilines is 1. The number of fused-ring (bicyclic) bond motifs is 2. The van der Waals surface area contributed by atoms with Gasteiger partial charge in [-0.05, 0) is 54.6 Å². The summed E-state index contributed by atoms with van der Waals surface area (Å²) >= 11 is 4.73. The minimum atomic E-state index is -0.455. The van der Waals surface area contributed by atoms with E-state index in [0.717, 1.165) is 14.2 Å². The number of hydrogen-bond donors (Lipinski definition) is 0. The molecule has 2 aromatic heterocycles. The Morgan fingerprint density at radius 1 is 1.15 bits per heavy atom. The zero-order chi connectivity index (χ0) is 23.7. The van der Waals surface area contributed by atoms with Gasteiger partial charge in [0.15, 0.2) is 0 Å². The van der Waals surface area contributed by atoms with E-state index in [1.54, 1.807) is 48.5 Å². The second-order valence-electron chi connectivity index (χ2n) is 7.18. The molecule has 0 radical (unpaired) electrons. The van der Waals surface area contributed by atoms with Crippen molar-refractivity contribution in [3.8, 4) is 6.07 Å². The summed E-state index contributed by atoms with van der Waals surface area (Å²) < 4.78 is 7.30. The van der Waals surface area contributed by atoms with Crippen molar-refractivity contribution in [3.05, 3.63) is 104 Å². The fraction of sp³-hybridized carbons (Fsp3) is 0. The summed E-state index contributed by atoms with van der Waals surface area (Å²) in [6.45, 7) is 0. The number of halogens is 1. The van der Waals surface area contributed by atoms with Crippen molar-refractivity contribution in [3.63, 3.8) is 0 Å². The smallest absolute Gasteiger partial charge is 0.280 e. The van der Waals surface area contributed by atoms with E-state index in [-0.39, 0.29) is 11.0 Å². The van der Waals surface area contributed by atoms with E-state index in [4.69, 9.17) is 9.68 Å². The Morgan fingerprint density at radius 3 is 2.74 bits per heavy atom. The predicted molar refractivity (Wildman–Crippen MR) is 135 cm³/mol. The molecule has 0 saturated heterocycles. The van der Waals surface area contributed by atoms with Gasteiger partial charge in [0.25, 0.3) is 5.91 Å². The van der Waals surface area contributed by atoms with Crippen LogP contribution in [0.3, 0.4) is 0 Å². The van der Waals surface area contributed by atoms with Crippen LogP contribution in [0.15, 0.2) is 91.8 Å². The number of rotatable bonds is 4. The molecule has 5 rings (SSSR count). The Bertz CT molecular complexity index is 1680. The molecule has 0 spiro atoms. The third-order valence-corrected chi connectivity index (χ3v) is 6.48. The highest BCUT2D eigenvalue weighted by molar-refractivity contribution is 9.10. The van der Waals surface area contributed by atoms with Crippen molar-refractivity contribution in [1.82, 2.24) is 4.98 Å². The average molecular weight is 529 g/mol. The standard InChI is InChI=1S/C25H13BrN4O3S/c26-18-9-10-20-22(11-18)34-25(29-20)30(24(32)16-7-5-15(12-27)6-8-16)28-13-17-14-33-21-4-2-1-3-19(21)23(17)31/h1-11,13-14H/b28-13+. The number of hydrogen-bond acceptors (Lipinski definition) is 7. The minimum absolute atomic E-state index is 0.195. The molecule has 3 aromatic carbocycles. The van der Waals surface area contributed by atoms with Crippen LogP contribution in [0, 0.1) is 11.3 Å². The lowest BCUT2D eigenvalue weighted by Crippen LogP contribution is -2.26. The van der Waals surface area contributed by atoms with Crippen LogP contribution in [0.25, 0.3) is 21.2 Å². The summed E-state index contributed by atoms with van der Waals surface area (Å²) in [5.74, 6) is -0.455. The Labute approximate surface area is 205 Å². The van der Waals surface area contributed by atoms with E-state index in [2.05, 4.69) is 26.0 Å². The number of carbonyl (C=O) groups excluding carboxylic acids is 1. The molecule has 7 nitrogen and oxygen atoms in total. The molecule has 0 atom stereocenters. The van der Waals surface area contributed by atoms with Crippen LogP contribution < -0.4 is 10.4 Å². The molecule has 0 bridgehead atoms. The molecule has 0 saturated carbocycles. The largest absolute Gasteiger partial charge is 0.463 e. The van der Waals surface area contributed by atoms with Gasteiger partial charge in [0, 0.05) is 10.0 Å². The molecule has 0 aliphatic heterocycles. The topological polar surface area (TPSA) is 99.6 Å². The van der Waals surface area contributed by atoms with E-state index in [1.807, 2.05) is 24.3 Å². The fourth-order valence-electron chi connectivity index (χ4n) is 3.28. The van der Waals surface area contributed by atoms with Crippen molar-refractivity contribution in [2.75, 3.05) is 5.01 Å². The predicted octanol–water partition coefficient (Wildman–Crippen LogP) is 5.72. The molecular formula is C25H13BrN4O3S. The summed E-state index contributed by atoms with van der Waals surface area (Å²) in [5, 5.41) is 15.3. The Kier molecular flexibility index (Phi) is 5.76. The first-order valence-electron chi connectivity index (χ1n) is 9.99. The summed E-state index contributed by atoms with van der Waals surface area (Å²) in [4.78, 5) is 30.8. The lowest BCUT2D eigenvalue weighted by molar-refractivity contribution is 0.0988. The van der Waals surface area contributed by atoms with Crippen molar-refractivity contribution < 1.29 is 9.21 Å². The van der Waals surface area contributed by atoms with Crippen molar-refractivity contribution in [2.24, 2.45) is 5.10 Å². The van der Waals surface area contributed by atoms with Gasteiger partial charge < -0.3 is 4.42 Å². The maximum atomic E-state index is 13.4. The molecule has 9 heteroatoms. The van der Waals surface area contributed by atoms with E-state index >= 15 is 0 Å². The van der Waals surface area contributed by atoms with E-state index in [1.165, 1.54) is 23.8 Å². The minimum Gasteiger partial charge on any atom is -0.463 e. The van der Waals surface area contributed by atoms with Crippen LogP contribution in [0.1, 0.15) is 21.5 Å². The number of para-hydroxylation sites is 1. The zero-order valence-corrected chi connectivity index (χ0v) is 19.7. The molecule has 0 N–H and O–H groups in total. The summed E-state index contributed by atoms with van der Waals surface area (Å²) in [5.41, 5.74) is 1.87. The Balaban J connectivity index is 1.59. The third-order valence-electron chi connectivity index (χ3n) is 4.99. The molecule has 1 amide bonds. The second-order valence-corrected chi connectivity index (χ2v) is 9.10. The molecule has 0 aliphatic rings. The van der Waals surface area contributed by atoms with Gasteiger partial charge in [-0.3, -0.25) is 9.59 Å². The quantitative estimate of drug-likeness (QED) is 0.219. The molecule has 164 valence electrons. The van der Waals surface area contributed by atoms with E-state index < -0.39 is 5.91 Å². The highest BCUT2D eigenvalue weighted by Gasteiger charge is 2.21. The van der Waals surface area contributed by atoms with Gasteiger partial charge in [-0.1, -0.05) is 39.4 Å². The fourth-order valence-corrected chi connectivity index (χ4v) is 4.75. The van der Waals surface area contributed by atoms with Crippen LogP contribution in [0.4, 0.5) is 5.13 Å². The second kappa shape index (κ2) is 9.02. The number of carbonyl (C=O) groups is 1. The number of nitriles is 1. The molecular weight excluding hydrogens is 516 g/mol. The number of thiazole rings is 1. The summed E-state index contributed by atoms with van der Waals surface area (Å²) in [6, 6.07) is 20.8. The van der Waals surface area contributed by atoms with Crippen molar-refractivity contribution >= 4 is 65.7 Å². The molecule has 0 aliphatic carbocycles. The number of hydrazone groups is 1. The maximum absolute atomic E-state index is 13.4. The Hall–Kier alpha value is -4.13. The van der Waals surface area contributed by atoms with Gasteiger partial charge >= 0.3 is 0 Å². The molecule has 0 unspecified atom stereocenters. The third kappa shape index (κ3) is 4.12. The van der Waals surface area contributed by atoms with Crippen molar-refractivity contribution in [2.45, 2.75) is 0 Å². The Morgan fingerprint density at radius 2 is 1.94 bits per heavy atom. The van der Waals surface area contributed by atoms with Gasteiger partial charge in [-0.15, -0.1) is 0 Å².